The van der Waals surface area contributed by atoms with Crippen LogP contribution in [-0.2, 0) is 11.3 Å². The first-order valence-electron chi connectivity index (χ1n) is 9.40. The van der Waals surface area contributed by atoms with Crippen LogP contribution < -0.4 is 0 Å². The number of allylic oxidation sites excluding steroid dienone is 1. The second-order valence-corrected chi connectivity index (χ2v) is 8.01. The maximum Gasteiger partial charge on any atom is 0.0730 e. The smallest absolute Gasteiger partial charge is 0.0730 e. The van der Waals surface area contributed by atoms with Gasteiger partial charge in [0.15, 0.2) is 0 Å². The fourth-order valence-electron chi connectivity index (χ4n) is 6.23. The molecular formula is C23H22O. The first kappa shape index (κ1) is 13.4. The number of hydrogen-bond donors (Lipinski definition) is 0. The van der Waals surface area contributed by atoms with Gasteiger partial charge in [-0.15, -0.1) is 0 Å². The quantitative estimate of drug-likeness (QED) is 0.643. The van der Waals surface area contributed by atoms with Gasteiger partial charge in [-0.1, -0.05) is 48.5 Å². The highest BCUT2D eigenvalue weighted by molar-refractivity contribution is 5.97. The minimum atomic E-state index is 0.742. The van der Waals surface area contributed by atoms with Gasteiger partial charge >= 0.3 is 0 Å². The lowest BCUT2D eigenvalue weighted by Gasteiger charge is -2.29. The van der Waals surface area contributed by atoms with Gasteiger partial charge in [0.25, 0.3) is 0 Å². The van der Waals surface area contributed by atoms with Crippen LogP contribution in [0.25, 0.3) is 11.1 Å². The predicted molar refractivity (Wildman–Crippen MR) is 96.4 cm³/mol. The second kappa shape index (κ2) is 4.83. The van der Waals surface area contributed by atoms with E-state index in [9.17, 15) is 0 Å². The highest BCUT2D eigenvalue weighted by Crippen LogP contribution is 2.66. The molecule has 4 atom stereocenters. The van der Waals surface area contributed by atoms with Crippen molar-refractivity contribution < 1.29 is 4.74 Å². The van der Waals surface area contributed by atoms with Crippen molar-refractivity contribution in [2.24, 2.45) is 17.8 Å². The summed E-state index contributed by atoms with van der Waals surface area (Å²) in [5, 5.41) is 0. The maximum absolute atomic E-state index is 6.01. The molecule has 2 fully saturated rings. The van der Waals surface area contributed by atoms with Gasteiger partial charge in [-0.3, -0.25) is 0 Å². The summed E-state index contributed by atoms with van der Waals surface area (Å²) in [5.74, 6) is 3.32. The van der Waals surface area contributed by atoms with Gasteiger partial charge in [-0.05, 0) is 76.3 Å². The Labute approximate surface area is 143 Å². The minimum absolute atomic E-state index is 0.742. The molecule has 6 rings (SSSR count). The van der Waals surface area contributed by atoms with Crippen molar-refractivity contribution in [1.29, 1.82) is 0 Å². The maximum atomic E-state index is 6.01. The van der Waals surface area contributed by atoms with E-state index in [1.165, 1.54) is 41.5 Å². The molecule has 0 unspecified atom stereocenters. The van der Waals surface area contributed by atoms with Crippen molar-refractivity contribution in [3.8, 4) is 0 Å². The third kappa shape index (κ3) is 1.64. The van der Waals surface area contributed by atoms with Gasteiger partial charge in [0, 0.05) is 0 Å². The van der Waals surface area contributed by atoms with Crippen LogP contribution in [0.4, 0.5) is 0 Å². The zero-order valence-corrected chi connectivity index (χ0v) is 13.9. The van der Waals surface area contributed by atoms with Gasteiger partial charge in [0.05, 0.1) is 13.2 Å². The molecule has 0 amide bonds. The highest BCUT2D eigenvalue weighted by atomic mass is 16.5. The van der Waals surface area contributed by atoms with Gasteiger partial charge < -0.3 is 4.74 Å². The Balaban J connectivity index is 1.64. The summed E-state index contributed by atoms with van der Waals surface area (Å²) < 4.78 is 6.01. The largest absolute Gasteiger partial charge is 0.372 e. The van der Waals surface area contributed by atoms with E-state index < -0.39 is 0 Å². The van der Waals surface area contributed by atoms with Crippen molar-refractivity contribution in [1.82, 2.24) is 0 Å². The standard InChI is InChI=1S/C23H22O/c1-2-6-17-16(5-1)12-24-13-20(17)23-19-8-4-3-7-18(19)21-14-9-10-15(11-14)22(21)23/h1-8,14-15,21-22H,9-13H2/b23-20+/t14-,15+,21-,22-/m0/s1. The second-order valence-electron chi connectivity index (χ2n) is 8.01. The van der Waals surface area contributed by atoms with E-state index in [4.69, 9.17) is 4.74 Å². The van der Waals surface area contributed by atoms with E-state index in [0.29, 0.717) is 0 Å². The normalized spacial score (nSPS) is 35.7. The average molecular weight is 314 g/mol. The summed E-state index contributed by atoms with van der Waals surface area (Å²) in [6.07, 6.45) is 4.32. The summed E-state index contributed by atoms with van der Waals surface area (Å²) in [4.78, 5) is 0. The molecule has 2 aromatic rings. The van der Waals surface area contributed by atoms with Crippen molar-refractivity contribution in [3.63, 3.8) is 0 Å². The molecule has 0 saturated heterocycles. The summed E-state index contributed by atoms with van der Waals surface area (Å²) in [6.45, 7) is 1.54. The number of hydrogen-bond acceptors (Lipinski definition) is 1. The van der Waals surface area contributed by atoms with Crippen molar-refractivity contribution in [3.05, 3.63) is 70.8 Å². The Morgan fingerprint density at radius 2 is 1.50 bits per heavy atom. The van der Waals surface area contributed by atoms with Gasteiger partial charge in [0.2, 0.25) is 0 Å². The lowest BCUT2D eigenvalue weighted by Crippen LogP contribution is -2.18. The lowest BCUT2D eigenvalue weighted by atomic mass is 9.76. The molecule has 1 heterocycles. The van der Waals surface area contributed by atoms with Crippen molar-refractivity contribution in [2.45, 2.75) is 31.8 Å². The summed E-state index contributed by atoms with van der Waals surface area (Å²) in [6, 6.07) is 18.1. The fourth-order valence-corrected chi connectivity index (χ4v) is 6.23. The monoisotopic (exact) mass is 314 g/mol. The molecule has 1 aliphatic heterocycles. The molecule has 0 spiro atoms. The average Bonchev–Trinajstić information content (AvgIpc) is 3.32. The Morgan fingerprint density at radius 3 is 2.42 bits per heavy atom. The Hall–Kier alpha value is -1.86. The van der Waals surface area contributed by atoms with Gasteiger partial charge in [-0.25, -0.2) is 0 Å². The van der Waals surface area contributed by atoms with Gasteiger partial charge in [-0.2, -0.15) is 0 Å². The molecular weight excluding hydrogens is 292 g/mol. The molecule has 4 aliphatic rings. The van der Waals surface area contributed by atoms with E-state index >= 15 is 0 Å². The highest BCUT2D eigenvalue weighted by Gasteiger charge is 2.54. The molecule has 2 aromatic carbocycles. The molecule has 0 radical (unpaired) electrons. The van der Waals surface area contributed by atoms with Gasteiger partial charge in [0.1, 0.15) is 0 Å². The summed E-state index contributed by atoms with van der Waals surface area (Å²) in [5.41, 5.74) is 9.06. The van der Waals surface area contributed by atoms with Crippen LogP contribution in [-0.4, -0.2) is 6.61 Å². The molecule has 2 bridgehead atoms. The van der Waals surface area contributed by atoms with Crippen molar-refractivity contribution in [2.75, 3.05) is 6.61 Å². The third-order valence-corrected chi connectivity index (χ3v) is 7.03. The van der Waals surface area contributed by atoms with Crippen LogP contribution in [0.5, 0.6) is 0 Å². The van der Waals surface area contributed by atoms with Crippen LogP contribution in [0, 0.1) is 17.8 Å². The van der Waals surface area contributed by atoms with Crippen LogP contribution >= 0.6 is 0 Å². The van der Waals surface area contributed by atoms with E-state index in [-0.39, 0.29) is 0 Å². The van der Waals surface area contributed by atoms with Crippen LogP contribution in [0.15, 0.2) is 48.5 Å². The first-order valence-corrected chi connectivity index (χ1v) is 9.40. The summed E-state index contributed by atoms with van der Waals surface area (Å²) in [7, 11) is 0. The molecule has 120 valence electrons. The molecule has 1 nitrogen and oxygen atoms in total. The van der Waals surface area contributed by atoms with Crippen LogP contribution in [0.3, 0.4) is 0 Å². The molecule has 24 heavy (non-hydrogen) atoms. The number of rotatable bonds is 0. The summed E-state index contributed by atoms with van der Waals surface area (Å²) >= 11 is 0. The molecule has 2 saturated carbocycles. The molecule has 0 N–H and O–H groups in total. The predicted octanol–water partition coefficient (Wildman–Crippen LogP) is 5.27. The lowest BCUT2D eigenvalue weighted by molar-refractivity contribution is 0.146. The number of fused-ring (bicyclic) bond motifs is 8. The van der Waals surface area contributed by atoms with E-state index in [2.05, 4.69) is 48.5 Å². The number of ether oxygens (including phenoxy) is 1. The fraction of sp³-hybridized carbons (Fsp3) is 0.391. The van der Waals surface area contributed by atoms with E-state index in [1.54, 1.807) is 11.1 Å². The zero-order valence-electron chi connectivity index (χ0n) is 13.9. The van der Waals surface area contributed by atoms with Crippen LogP contribution in [0.2, 0.25) is 0 Å². The number of benzene rings is 2. The third-order valence-electron chi connectivity index (χ3n) is 7.03. The van der Waals surface area contributed by atoms with Crippen LogP contribution in [0.1, 0.15) is 47.4 Å². The molecule has 1 heteroatoms. The van der Waals surface area contributed by atoms with Crippen molar-refractivity contribution >= 4 is 11.1 Å². The first-order chi connectivity index (χ1) is 11.9. The van der Waals surface area contributed by atoms with E-state index in [1.807, 2.05) is 0 Å². The minimum Gasteiger partial charge on any atom is -0.372 e. The molecule has 3 aliphatic carbocycles. The zero-order chi connectivity index (χ0) is 15.7. The molecule has 0 aromatic heterocycles. The van der Waals surface area contributed by atoms with E-state index in [0.717, 1.165) is 36.9 Å². The Kier molecular flexibility index (Phi) is 2.70. The Bertz CT molecular complexity index is 862. The Morgan fingerprint density at radius 1 is 0.750 bits per heavy atom. The SMILES string of the molecule is c1ccc2c(c1)COC/C2=C1/c2ccccc2[C@@H]2[C@H]3CC[C@H](C3)[C@H]12. The topological polar surface area (TPSA) is 9.23 Å².